The number of halogens is 3. The Kier molecular flexibility index (Phi) is 7.24. The van der Waals surface area contributed by atoms with E-state index < -0.39 is 12.1 Å². The zero-order chi connectivity index (χ0) is 21.6. The van der Waals surface area contributed by atoms with Crippen LogP contribution >= 0.6 is 0 Å². The Morgan fingerprint density at radius 2 is 1.90 bits per heavy atom. The summed E-state index contributed by atoms with van der Waals surface area (Å²) in [5, 5.41) is 14.0. The van der Waals surface area contributed by atoms with E-state index in [1.807, 2.05) is 6.07 Å². The predicted octanol–water partition coefficient (Wildman–Crippen LogP) is 3.18. The van der Waals surface area contributed by atoms with E-state index in [2.05, 4.69) is 39.6 Å². The van der Waals surface area contributed by atoms with Crippen LogP contribution in [0, 0.1) is 19.8 Å². The second-order valence-electron chi connectivity index (χ2n) is 6.65. The molecule has 1 unspecified atom stereocenters. The van der Waals surface area contributed by atoms with Crippen LogP contribution in [0.1, 0.15) is 28.2 Å². The molecule has 0 saturated carbocycles. The normalized spacial score (nSPS) is 16.2. The molecule has 10 heteroatoms. The van der Waals surface area contributed by atoms with Gasteiger partial charge in [0.25, 0.3) is 5.91 Å². The van der Waals surface area contributed by atoms with Gasteiger partial charge in [-0.1, -0.05) is 23.4 Å². The fourth-order valence-electron chi connectivity index (χ4n) is 3.01. The van der Waals surface area contributed by atoms with Crippen molar-refractivity contribution in [3.05, 3.63) is 47.3 Å². The molecule has 0 spiro atoms. The number of aliphatic carboxylic acids is 1. The summed E-state index contributed by atoms with van der Waals surface area (Å²) in [5.41, 5.74) is 2.47. The summed E-state index contributed by atoms with van der Waals surface area (Å²) in [6, 6.07) is 10.4. The van der Waals surface area contributed by atoms with Crippen molar-refractivity contribution in [3.8, 4) is 0 Å². The molecule has 2 aromatic rings. The maximum absolute atomic E-state index is 12.2. The van der Waals surface area contributed by atoms with Crippen molar-refractivity contribution in [2.75, 3.05) is 24.5 Å². The Morgan fingerprint density at radius 1 is 1.28 bits per heavy atom. The molecule has 3 rings (SSSR count). The smallest absolute Gasteiger partial charge is 0.475 e. The molecule has 2 heterocycles. The minimum absolute atomic E-state index is 0.0885. The van der Waals surface area contributed by atoms with Crippen molar-refractivity contribution in [2.45, 2.75) is 26.4 Å². The van der Waals surface area contributed by atoms with Crippen LogP contribution in [0.3, 0.4) is 0 Å². The highest BCUT2D eigenvalue weighted by molar-refractivity contribution is 5.96. The number of carbonyl (C=O) groups excluding carboxylic acids is 1. The number of rotatable bonds is 4. The predicted molar refractivity (Wildman–Crippen MR) is 98.8 cm³/mol. The van der Waals surface area contributed by atoms with Crippen LogP contribution in [0.2, 0.25) is 0 Å². The molecule has 7 nitrogen and oxygen atoms in total. The Balaban J connectivity index is 0.000000370. The fourth-order valence-corrected chi connectivity index (χ4v) is 3.01. The van der Waals surface area contributed by atoms with Gasteiger partial charge in [-0.2, -0.15) is 13.2 Å². The van der Waals surface area contributed by atoms with Gasteiger partial charge < -0.3 is 19.8 Å². The third-order valence-electron chi connectivity index (χ3n) is 4.46. The summed E-state index contributed by atoms with van der Waals surface area (Å²) in [6.45, 7) is 6.26. The van der Waals surface area contributed by atoms with E-state index in [9.17, 15) is 18.0 Å². The van der Waals surface area contributed by atoms with Gasteiger partial charge in [0.15, 0.2) is 0 Å². The maximum Gasteiger partial charge on any atom is 0.490 e. The van der Waals surface area contributed by atoms with E-state index in [1.54, 1.807) is 13.8 Å². The Bertz CT molecular complexity index is 817. The molecule has 2 N–H and O–H groups in total. The van der Waals surface area contributed by atoms with Crippen molar-refractivity contribution in [2.24, 2.45) is 5.92 Å². The zero-order valence-corrected chi connectivity index (χ0v) is 16.0. The van der Waals surface area contributed by atoms with Crippen molar-refractivity contribution in [3.63, 3.8) is 0 Å². The van der Waals surface area contributed by atoms with Crippen LogP contribution in [0.15, 0.2) is 34.9 Å². The molecule has 1 aromatic heterocycles. The summed E-state index contributed by atoms with van der Waals surface area (Å²) in [6.07, 6.45) is -3.99. The van der Waals surface area contributed by atoms with Gasteiger partial charge in [0, 0.05) is 25.3 Å². The first kappa shape index (κ1) is 22.3. The maximum atomic E-state index is 12.2. The number of alkyl halides is 3. The first-order chi connectivity index (χ1) is 13.6. The summed E-state index contributed by atoms with van der Waals surface area (Å²) in [5.74, 6) is -1.79. The molecule has 1 fully saturated rings. The number of amides is 1. The van der Waals surface area contributed by atoms with Gasteiger partial charge in [-0.15, -0.1) is 0 Å². The number of hydrogen-bond acceptors (Lipinski definition) is 5. The standard InChI is InChI=1S/C17H21N3O2.C2HF3O2/c1-12-16(13(2)22-19-12)17(21)18-10-14-8-9-20(11-14)15-6-4-3-5-7-15;3-2(4,5)1(6)7/h3-7,14H,8-11H2,1-2H3,(H,18,21);(H,6,7). The molecular formula is C19H22F3N3O4. The van der Waals surface area contributed by atoms with E-state index in [-0.39, 0.29) is 5.91 Å². The van der Waals surface area contributed by atoms with Gasteiger partial charge >= 0.3 is 12.1 Å². The number of nitrogens with one attached hydrogen (secondary N) is 1. The molecule has 29 heavy (non-hydrogen) atoms. The lowest BCUT2D eigenvalue weighted by molar-refractivity contribution is -0.192. The van der Waals surface area contributed by atoms with E-state index in [1.165, 1.54) is 5.69 Å². The Hall–Kier alpha value is -3.04. The zero-order valence-electron chi connectivity index (χ0n) is 16.0. The molecule has 1 amide bonds. The average Bonchev–Trinajstić information content (AvgIpc) is 3.27. The number of anilines is 1. The van der Waals surface area contributed by atoms with Gasteiger partial charge in [0.05, 0.1) is 5.69 Å². The lowest BCUT2D eigenvalue weighted by atomic mass is 10.1. The third kappa shape index (κ3) is 6.23. The third-order valence-corrected chi connectivity index (χ3v) is 4.46. The second kappa shape index (κ2) is 9.44. The highest BCUT2D eigenvalue weighted by Gasteiger charge is 2.38. The van der Waals surface area contributed by atoms with Gasteiger partial charge in [-0.05, 0) is 38.3 Å². The van der Waals surface area contributed by atoms with E-state index in [0.717, 1.165) is 19.5 Å². The fraction of sp³-hybridized carbons (Fsp3) is 0.421. The number of aromatic nitrogens is 1. The van der Waals surface area contributed by atoms with Crippen LogP contribution in [0.4, 0.5) is 18.9 Å². The van der Waals surface area contributed by atoms with Gasteiger partial charge in [-0.3, -0.25) is 4.79 Å². The number of carbonyl (C=O) groups is 2. The van der Waals surface area contributed by atoms with Crippen molar-refractivity contribution in [1.29, 1.82) is 0 Å². The van der Waals surface area contributed by atoms with Crippen LogP contribution < -0.4 is 10.2 Å². The minimum Gasteiger partial charge on any atom is -0.475 e. The van der Waals surface area contributed by atoms with Gasteiger partial charge in [0.1, 0.15) is 11.3 Å². The van der Waals surface area contributed by atoms with Crippen LogP contribution in [0.25, 0.3) is 0 Å². The number of carboxylic acid groups (broad SMARTS) is 1. The summed E-state index contributed by atoms with van der Waals surface area (Å²) >= 11 is 0. The van der Waals surface area contributed by atoms with Gasteiger partial charge in [-0.25, -0.2) is 4.79 Å². The second-order valence-corrected chi connectivity index (χ2v) is 6.65. The van der Waals surface area contributed by atoms with Crippen LogP contribution in [-0.2, 0) is 4.79 Å². The molecule has 158 valence electrons. The highest BCUT2D eigenvalue weighted by Crippen LogP contribution is 2.23. The van der Waals surface area contributed by atoms with E-state index >= 15 is 0 Å². The van der Waals surface area contributed by atoms with E-state index in [0.29, 0.717) is 29.5 Å². The number of nitrogens with zero attached hydrogens (tertiary/aromatic N) is 2. The topological polar surface area (TPSA) is 95.7 Å². The molecule has 0 bridgehead atoms. The lowest BCUT2D eigenvalue weighted by Crippen LogP contribution is -2.31. The number of aryl methyl sites for hydroxylation is 2. The summed E-state index contributed by atoms with van der Waals surface area (Å²) < 4.78 is 36.8. The Morgan fingerprint density at radius 3 is 2.41 bits per heavy atom. The number of benzene rings is 1. The molecule has 1 atom stereocenters. The summed E-state index contributed by atoms with van der Waals surface area (Å²) in [4.78, 5) is 23.5. The molecule has 1 saturated heterocycles. The first-order valence-corrected chi connectivity index (χ1v) is 8.90. The van der Waals surface area contributed by atoms with Crippen molar-refractivity contribution < 1.29 is 32.4 Å². The van der Waals surface area contributed by atoms with Crippen molar-refractivity contribution in [1.82, 2.24) is 10.5 Å². The monoisotopic (exact) mass is 413 g/mol. The molecular weight excluding hydrogens is 391 g/mol. The van der Waals surface area contributed by atoms with Gasteiger partial charge in [0.2, 0.25) is 0 Å². The largest absolute Gasteiger partial charge is 0.490 e. The first-order valence-electron chi connectivity index (χ1n) is 8.90. The minimum atomic E-state index is -5.08. The van der Waals surface area contributed by atoms with E-state index in [4.69, 9.17) is 14.4 Å². The number of hydrogen-bond donors (Lipinski definition) is 2. The molecule has 1 aliphatic rings. The number of carboxylic acids is 1. The van der Waals surface area contributed by atoms with Crippen LogP contribution in [0.5, 0.6) is 0 Å². The van der Waals surface area contributed by atoms with Crippen LogP contribution in [-0.4, -0.2) is 48.0 Å². The number of para-hydroxylation sites is 1. The highest BCUT2D eigenvalue weighted by atomic mass is 19.4. The quantitative estimate of drug-likeness (QED) is 0.799. The Labute approximate surface area is 165 Å². The molecule has 0 radical (unpaired) electrons. The molecule has 1 aliphatic heterocycles. The SMILES string of the molecule is Cc1noc(C)c1C(=O)NCC1CCN(c2ccccc2)C1.O=C(O)C(F)(F)F. The average molecular weight is 413 g/mol. The molecule has 1 aromatic carbocycles. The van der Waals surface area contributed by atoms with Crippen molar-refractivity contribution >= 4 is 17.6 Å². The summed E-state index contributed by atoms with van der Waals surface area (Å²) in [7, 11) is 0. The lowest BCUT2D eigenvalue weighted by Gasteiger charge is -2.18. The molecule has 0 aliphatic carbocycles.